The van der Waals surface area contributed by atoms with E-state index in [2.05, 4.69) is 12.6 Å². The molecule has 0 aliphatic carbocycles. The number of rotatable bonds is 5. The molecular formula is C7H20O2S. The van der Waals surface area contributed by atoms with E-state index in [1.807, 2.05) is 0 Å². The molecule has 0 aromatic rings. The summed E-state index contributed by atoms with van der Waals surface area (Å²) in [6.07, 6.45) is 0.730. The smallest absolute Gasteiger partial charge is 0.0554 e. The van der Waals surface area contributed by atoms with Crippen molar-refractivity contribution in [2.75, 3.05) is 25.6 Å². The van der Waals surface area contributed by atoms with E-state index in [0.717, 1.165) is 12.2 Å². The molecule has 0 saturated heterocycles. The summed E-state index contributed by atoms with van der Waals surface area (Å²) in [7, 11) is 0. The van der Waals surface area contributed by atoms with E-state index in [1.165, 1.54) is 0 Å². The minimum absolute atomic E-state index is 0. The van der Waals surface area contributed by atoms with Gasteiger partial charge in [0.1, 0.15) is 0 Å². The number of thiol groups is 1. The molecule has 3 heteroatoms. The van der Waals surface area contributed by atoms with Gasteiger partial charge in [0.05, 0.1) is 6.61 Å². The van der Waals surface area contributed by atoms with Crippen LogP contribution in [0.3, 0.4) is 0 Å². The first-order valence-electron chi connectivity index (χ1n) is 2.71. The van der Waals surface area contributed by atoms with Crippen LogP contribution in [0, 0.1) is 0 Å². The molecule has 0 unspecified atom stereocenters. The number of ether oxygens (including phenoxy) is 1. The van der Waals surface area contributed by atoms with Crippen LogP contribution in [0.5, 0.6) is 0 Å². The minimum Gasteiger partial charge on any atom is -0.396 e. The largest absolute Gasteiger partial charge is 0.396 e. The average Bonchev–Trinajstić information content (AvgIpc) is 1.81. The summed E-state index contributed by atoms with van der Waals surface area (Å²) >= 11 is 3.94. The fourth-order valence-electron chi connectivity index (χ4n) is 0.333. The molecule has 0 aliphatic rings. The third kappa shape index (κ3) is 15.7. The molecule has 0 aromatic heterocycles. The van der Waals surface area contributed by atoms with Gasteiger partial charge in [0.25, 0.3) is 0 Å². The summed E-state index contributed by atoms with van der Waals surface area (Å²) < 4.78 is 4.99. The molecule has 0 aromatic carbocycles. The highest BCUT2D eigenvalue weighted by molar-refractivity contribution is 7.80. The fourth-order valence-corrected chi connectivity index (χ4v) is 0.462. The predicted octanol–water partition coefficient (Wildman–Crippen LogP) is 1.59. The second-order valence-corrected chi connectivity index (χ2v) is 1.86. The zero-order valence-corrected chi connectivity index (χ0v) is 5.73. The fraction of sp³-hybridized carbons (Fsp3) is 1.00. The second kappa shape index (κ2) is 16.1. The van der Waals surface area contributed by atoms with Crippen LogP contribution in [0.4, 0.5) is 0 Å². The zero-order chi connectivity index (χ0) is 6.24. The highest BCUT2D eigenvalue weighted by Gasteiger charge is 1.82. The van der Waals surface area contributed by atoms with Crippen LogP contribution in [-0.4, -0.2) is 30.7 Å². The van der Waals surface area contributed by atoms with Crippen LogP contribution in [0.1, 0.15) is 21.3 Å². The summed E-state index contributed by atoms with van der Waals surface area (Å²) in [4.78, 5) is 0. The Hall–Kier alpha value is 0.270. The Balaban J connectivity index is -0.000000245. The molecule has 0 heterocycles. The molecular weight excluding hydrogens is 148 g/mol. The predicted molar refractivity (Wildman–Crippen MR) is 49.8 cm³/mol. The Morgan fingerprint density at radius 3 is 2.20 bits per heavy atom. The lowest BCUT2D eigenvalue weighted by Gasteiger charge is -1.97. The maximum absolute atomic E-state index is 8.27. The van der Waals surface area contributed by atoms with E-state index >= 15 is 0 Å². The van der Waals surface area contributed by atoms with E-state index in [9.17, 15) is 0 Å². The molecule has 0 saturated carbocycles. The minimum atomic E-state index is 0. The van der Waals surface area contributed by atoms with Crippen LogP contribution in [-0.2, 0) is 4.74 Å². The monoisotopic (exact) mass is 168 g/mol. The van der Waals surface area contributed by atoms with Gasteiger partial charge in [0, 0.05) is 19.0 Å². The van der Waals surface area contributed by atoms with Crippen molar-refractivity contribution < 1.29 is 9.84 Å². The Morgan fingerprint density at radius 2 is 1.80 bits per heavy atom. The van der Waals surface area contributed by atoms with E-state index in [0.29, 0.717) is 13.2 Å². The molecule has 0 atom stereocenters. The van der Waals surface area contributed by atoms with Crippen LogP contribution in [0.25, 0.3) is 0 Å². The van der Waals surface area contributed by atoms with Gasteiger partial charge in [0.15, 0.2) is 0 Å². The molecule has 10 heavy (non-hydrogen) atoms. The molecule has 0 aliphatic heterocycles. The van der Waals surface area contributed by atoms with Gasteiger partial charge in [-0.1, -0.05) is 14.9 Å². The molecule has 1 N–H and O–H groups in total. The van der Waals surface area contributed by atoms with Gasteiger partial charge in [0.2, 0.25) is 0 Å². The first-order valence-corrected chi connectivity index (χ1v) is 3.34. The Kier molecular flexibility index (Phi) is 26.9. The van der Waals surface area contributed by atoms with Crippen molar-refractivity contribution in [2.24, 2.45) is 0 Å². The van der Waals surface area contributed by atoms with Crippen molar-refractivity contribution in [1.29, 1.82) is 0 Å². The Bertz CT molecular complexity index is 36.6. The highest BCUT2D eigenvalue weighted by atomic mass is 32.1. The zero-order valence-electron chi connectivity index (χ0n) is 4.84. The van der Waals surface area contributed by atoms with Gasteiger partial charge < -0.3 is 9.84 Å². The number of hydrogen-bond donors (Lipinski definition) is 2. The van der Waals surface area contributed by atoms with Gasteiger partial charge >= 0.3 is 0 Å². The van der Waals surface area contributed by atoms with Crippen molar-refractivity contribution >= 4 is 12.6 Å². The lowest BCUT2D eigenvalue weighted by atomic mass is 10.5. The van der Waals surface area contributed by atoms with E-state index < -0.39 is 0 Å². The molecule has 0 bridgehead atoms. The van der Waals surface area contributed by atoms with Gasteiger partial charge in [-0.3, -0.25) is 0 Å². The lowest BCUT2D eigenvalue weighted by Crippen LogP contribution is -1.99. The Labute approximate surface area is 70.0 Å². The number of hydrogen-bond acceptors (Lipinski definition) is 3. The molecule has 0 radical (unpaired) electrons. The van der Waals surface area contributed by atoms with Crippen molar-refractivity contribution in [3.05, 3.63) is 0 Å². The third-order valence-electron chi connectivity index (χ3n) is 0.682. The van der Waals surface area contributed by atoms with E-state index in [4.69, 9.17) is 9.84 Å². The van der Waals surface area contributed by atoms with Gasteiger partial charge in [-0.05, 0) is 6.42 Å². The third-order valence-corrected chi connectivity index (χ3v) is 0.865. The normalized spacial score (nSPS) is 7.80. The Morgan fingerprint density at radius 1 is 1.20 bits per heavy atom. The summed E-state index contributed by atoms with van der Waals surface area (Å²) in [6, 6.07) is 0. The van der Waals surface area contributed by atoms with E-state index in [1.54, 1.807) is 0 Å². The first-order chi connectivity index (χ1) is 3.91. The van der Waals surface area contributed by atoms with Gasteiger partial charge in [-0.2, -0.15) is 12.6 Å². The summed E-state index contributed by atoms with van der Waals surface area (Å²) in [6.45, 7) is 1.55. The first kappa shape index (κ1) is 16.7. The molecule has 0 amide bonds. The maximum Gasteiger partial charge on any atom is 0.0554 e. The van der Waals surface area contributed by atoms with Crippen LogP contribution < -0.4 is 0 Å². The lowest BCUT2D eigenvalue weighted by molar-refractivity contribution is 0.129. The average molecular weight is 168 g/mol. The van der Waals surface area contributed by atoms with Crippen LogP contribution in [0.15, 0.2) is 0 Å². The summed E-state index contributed by atoms with van der Waals surface area (Å²) in [5.41, 5.74) is 0. The molecule has 0 fully saturated rings. The van der Waals surface area contributed by atoms with Gasteiger partial charge in [-0.15, -0.1) is 0 Å². The van der Waals surface area contributed by atoms with Crippen LogP contribution >= 0.6 is 12.6 Å². The number of aliphatic hydroxyl groups excluding tert-OH is 1. The highest BCUT2D eigenvalue weighted by Crippen LogP contribution is 1.81. The molecule has 0 spiro atoms. The van der Waals surface area contributed by atoms with Gasteiger partial charge in [-0.25, -0.2) is 0 Å². The van der Waals surface area contributed by atoms with Crippen molar-refractivity contribution in [3.63, 3.8) is 0 Å². The number of aliphatic hydroxyl groups is 1. The summed E-state index contributed by atoms with van der Waals surface area (Å²) in [5, 5.41) is 8.27. The topological polar surface area (TPSA) is 29.5 Å². The van der Waals surface area contributed by atoms with Crippen molar-refractivity contribution in [1.82, 2.24) is 0 Å². The SMILES string of the molecule is C.C.OCCCOCCS. The maximum atomic E-state index is 8.27. The molecule has 2 nitrogen and oxygen atoms in total. The summed E-state index contributed by atoms with van der Waals surface area (Å²) in [5.74, 6) is 0.755. The van der Waals surface area contributed by atoms with Crippen molar-refractivity contribution in [3.8, 4) is 0 Å². The quantitative estimate of drug-likeness (QED) is 0.482. The standard InChI is InChI=1S/C5H12O2S.2CH4/c6-2-1-3-7-4-5-8;;/h6,8H,1-5H2;2*1H4. The molecule has 0 rings (SSSR count). The van der Waals surface area contributed by atoms with E-state index in [-0.39, 0.29) is 21.5 Å². The molecule has 66 valence electrons. The van der Waals surface area contributed by atoms with Crippen LogP contribution in [0.2, 0.25) is 0 Å². The van der Waals surface area contributed by atoms with Crippen molar-refractivity contribution in [2.45, 2.75) is 21.3 Å². The second-order valence-electron chi connectivity index (χ2n) is 1.41.